The lowest BCUT2D eigenvalue weighted by Crippen LogP contribution is -2.23. The molecule has 0 radical (unpaired) electrons. The summed E-state index contributed by atoms with van der Waals surface area (Å²) in [7, 11) is 0. The van der Waals surface area contributed by atoms with Crippen molar-refractivity contribution in [1.82, 2.24) is 0 Å². The first-order chi connectivity index (χ1) is 12.1. The maximum atomic E-state index is 12.1. The molecule has 0 unspecified atom stereocenters. The van der Waals surface area contributed by atoms with Crippen LogP contribution in [0.4, 0.5) is 11.4 Å². The van der Waals surface area contributed by atoms with Crippen LogP contribution in [0.1, 0.15) is 17.2 Å². The summed E-state index contributed by atoms with van der Waals surface area (Å²) in [5.74, 6) is 0. The van der Waals surface area contributed by atoms with E-state index in [4.69, 9.17) is 4.42 Å². The van der Waals surface area contributed by atoms with E-state index in [9.17, 15) is 20.0 Å². The average Bonchev–Trinajstić information content (AvgIpc) is 2.90. The molecule has 0 bridgehead atoms. The summed E-state index contributed by atoms with van der Waals surface area (Å²) >= 11 is 0. The smallest absolute Gasteiger partial charge is 0.417 e. The van der Waals surface area contributed by atoms with Crippen LogP contribution in [0.2, 0.25) is 0 Å². The maximum Gasteiger partial charge on any atom is 0.417 e. The number of fused-ring (bicyclic) bond motifs is 2. The van der Waals surface area contributed by atoms with Crippen molar-refractivity contribution in [3.63, 3.8) is 0 Å². The lowest BCUT2D eigenvalue weighted by molar-refractivity contribution is -0.386. The second-order valence-electron chi connectivity index (χ2n) is 5.96. The predicted octanol–water partition coefficient (Wildman–Crippen LogP) is 2.77. The van der Waals surface area contributed by atoms with Crippen LogP contribution in [0, 0.1) is 10.1 Å². The van der Waals surface area contributed by atoms with Crippen LogP contribution in [0.15, 0.2) is 57.7 Å². The Kier molecular flexibility index (Phi) is 3.51. The van der Waals surface area contributed by atoms with Gasteiger partial charge >= 0.3 is 11.3 Å². The van der Waals surface area contributed by atoms with Crippen molar-refractivity contribution in [3.8, 4) is 0 Å². The molecule has 1 aliphatic rings. The molecule has 4 rings (SSSR count). The molecule has 2 aromatic carbocycles. The number of nitro groups is 1. The first-order valence-corrected chi connectivity index (χ1v) is 7.79. The normalized spacial score (nSPS) is 18.9. The molecule has 25 heavy (non-hydrogen) atoms. The van der Waals surface area contributed by atoms with E-state index in [1.807, 2.05) is 24.3 Å². The molecule has 1 aromatic heterocycles. The van der Waals surface area contributed by atoms with Crippen molar-refractivity contribution in [1.29, 1.82) is 0 Å². The molecule has 0 saturated carbocycles. The molecule has 7 nitrogen and oxygen atoms in total. The lowest BCUT2D eigenvalue weighted by atomic mass is 10.1. The van der Waals surface area contributed by atoms with Crippen LogP contribution in [0.5, 0.6) is 0 Å². The van der Waals surface area contributed by atoms with E-state index in [1.54, 1.807) is 24.3 Å². The Balaban J connectivity index is 1.91. The summed E-state index contributed by atoms with van der Waals surface area (Å²) < 4.78 is 5.06. The third-order valence-electron chi connectivity index (χ3n) is 4.48. The second-order valence-corrected chi connectivity index (χ2v) is 5.96. The first kappa shape index (κ1) is 15.3. The van der Waals surface area contributed by atoms with Crippen molar-refractivity contribution < 1.29 is 14.4 Å². The van der Waals surface area contributed by atoms with Gasteiger partial charge in [-0.2, -0.15) is 0 Å². The van der Waals surface area contributed by atoms with Crippen LogP contribution in [-0.2, 0) is 6.42 Å². The van der Waals surface area contributed by atoms with E-state index in [0.29, 0.717) is 11.8 Å². The quantitative estimate of drug-likeness (QED) is 0.432. The zero-order valence-corrected chi connectivity index (χ0v) is 13.0. The third-order valence-corrected chi connectivity index (χ3v) is 4.48. The number of hydrogen-bond donors (Lipinski definition) is 2. The molecule has 1 aliphatic carbocycles. The van der Waals surface area contributed by atoms with E-state index in [1.165, 1.54) is 0 Å². The molecular weight excluding hydrogens is 324 g/mol. The molecule has 3 aromatic rings. The van der Waals surface area contributed by atoms with Crippen molar-refractivity contribution in [2.24, 2.45) is 0 Å². The molecule has 1 heterocycles. The molecular formula is C18H14N2O5. The summed E-state index contributed by atoms with van der Waals surface area (Å²) in [5.41, 5.74) is 0.477. The number of nitrogens with zero attached hydrogens (tertiary/aromatic N) is 1. The maximum absolute atomic E-state index is 12.1. The third kappa shape index (κ3) is 2.45. The Bertz CT molecular complexity index is 1040. The van der Waals surface area contributed by atoms with Gasteiger partial charge in [0.25, 0.3) is 0 Å². The highest BCUT2D eigenvalue weighted by Gasteiger charge is 2.34. The Hall–Kier alpha value is -3.19. The van der Waals surface area contributed by atoms with Gasteiger partial charge in [-0.05, 0) is 23.3 Å². The van der Waals surface area contributed by atoms with E-state index in [2.05, 4.69) is 5.32 Å². The van der Waals surface area contributed by atoms with Gasteiger partial charge in [0.2, 0.25) is 0 Å². The number of aliphatic hydroxyl groups is 1. The number of para-hydroxylation sites is 1. The fraction of sp³-hybridized carbons (Fsp3) is 0.167. The summed E-state index contributed by atoms with van der Waals surface area (Å²) in [6.07, 6.45) is -0.302. The molecule has 126 valence electrons. The van der Waals surface area contributed by atoms with Gasteiger partial charge in [0.1, 0.15) is 11.3 Å². The topological polar surface area (TPSA) is 106 Å². The first-order valence-electron chi connectivity index (χ1n) is 7.79. The molecule has 0 spiro atoms. The fourth-order valence-electron chi connectivity index (χ4n) is 3.36. The van der Waals surface area contributed by atoms with Gasteiger partial charge < -0.3 is 14.8 Å². The van der Waals surface area contributed by atoms with Crippen molar-refractivity contribution in [2.75, 3.05) is 5.32 Å². The zero-order valence-electron chi connectivity index (χ0n) is 13.0. The molecule has 0 aliphatic heterocycles. The monoisotopic (exact) mass is 338 g/mol. The van der Waals surface area contributed by atoms with E-state index < -0.39 is 28.4 Å². The van der Waals surface area contributed by atoms with Crippen LogP contribution in [0.25, 0.3) is 11.0 Å². The van der Waals surface area contributed by atoms with Gasteiger partial charge in [-0.3, -0.25) is 10.1 Å². The molecule has 0 saturated heterocycles. The van der Waals surface area contributed by atoms with Gasteiger partial charge in [-0.1, -0.05) is 36.4 Å². The zero-order chi connectivity index (χ0) is 17.6. The Morgan fingerprint density at radius 2 is 1.88 bits per heavy atom. The van der Waals surface area contributed by atoms with Gasteiger partial charge in [0.15, 0.2) is 0 Å². The van der Waals surface area contributed by atoms with Crippen LogP contribution < -0.4 is 10.9 Å². The Morgan fingerprint density at radius 1 is 1.16 bits per heavy atom. The number of rotatable bonds is 3. The van der Waals surface area contributed by atoms with Gasteiger partial charge in [-0.25, -0.2) is 4.79 Å². The number of hydrogen-bond acceptors (Lipinski definition) is 6. The molecule has 7 heteroatoms. The van der Waals surface area contributed by atoms with E-state index in [-0.39, 0.29) is 11.3 Å². The predicted molar refractivity (Wildman–Crippen MR) is 91.7 cm³/mol. The summed E-state index contributed by atoms with van der Waals surface area (Å²) in [4.78, 5) is 22.8. The van der Waals surface area contributed by atoms with Gasteiger partial charge in [0, 0.05) is 11.8 Å². The summed E-state index contributed by atoms with van der Waals surface area (Å²) in [6, 6.07) is 13.6. The van der Waals surface area contributed by atoms with Crippen molar-refractivity contribution >= 4 is 22.3 Å². The molecule has 2 N–H and O–H groups in total. The second kappa shape index (κ2) is 5.71. The number of aliphatic hydroxyl groups excluding tert-OH is 1. The largest absolute Gasteiger partial charge is 0.418 e. The van der Waals surface area contributed by atoms with Crippen molar-refractivity contribution in [2.45, 2.75) is 18.6 Å². The lowest BCUT2D eigenvalue weighted by Gasteiger charge is -2.19. The standard InChI is InChI=1S/C18H14N2O5/c21-13-9-10-5-1-2-6-11(10)15(13)19-16-12-7-3-4-8-14(12)25-18(22)17(16)20(23)24/h1-8,13,15,19,21H,9H2/t13-,15+/m1/s1. The molecule has 2 atom stereocenters. The Morgan fingerprint density at radius 3 is 2.68 bits per heavy atom. The van der Waals surface area contributed by atoms with Gasteiger partial charge in [-0.15, -0.1) is 0 Å². The minimum Gasteiger partial charge on any atom is -0.418 e. The van der Waals surface area contributed by atoms with Crippen LogP contribution in [0.3, 0.4) is 0 Å². The minimum atomic E-state index is -1.02. The van der Waals surface area contributed by atoms with E-state index >= 15 is 0 Å². The highest BCUT2D eigenvalue weighted by atomic mass is 16.6. The number of benzene rings is 2. The minimum absolute atomic E-state index is 0.0672. The fourth-order valence-corrected chi connectivity index (χ4v) is 3.36. The number of nitrogens with one attached hydrogen (secondary N) is 1. The average molecular weight is 338 g/mol. The summed E-state index contributed by atoms with van der Waals surface area (Å²) in [6.45, 7) is 0. The summed E-state index contributed by atoms with van der Waals surface area (Å²) in [5, 5.41) is 25.3. The van der Waals surface area contributed by atoms with E-state index in [0.717, 1.165) is 11.1 Å². The number of anilines is 1. The van der Waals surface area contributed by atoms with Crippen LogP contribution in [-0.4, -0.2) is 16.1 Å². The van der Waals surface area contributed by atoms with Gasteiger partial charge in [0.05, 0.1) is 17.1 Å². The van der Waals surface area contributed by atoms with Crippen LogP contribution >= 0.6 is 0 Å². The molecule has 0 amide bonds. The molecule has 0 fully saturated rings. The highest BCUT2D eigenvalue weighted by molar-refractivity contribution is 5.94. The Labute approximate surface area is 141 Å². The SMILES string of the molecule is O=c1oc2ccccc2c(N[C@H]2c3ccccc3C[C@H]2O)c1[N+](=O)[O-]. The van der Waals surface area contributed by atoms with Crippen molar-refractivity contribution in [3.05, 3.63) is 80.2 Å². The highest BCUT2D eigenvalue weighted by Crippen LogP contribution is 2.38.